The second-order valence-corrected chi connectivity index (χ2v) is 2.43. The van der Waals surface area contributed by atoms with Gasteiger partial charge in [-0.25, -0.2) is 0 Å². The minimum absolute atomic E-state index is 0.107. The van der Waals surface area contributed by atoms with Crippen molar-refractivity contribution in [2.24, 2.45) is 0 Å². The molecule has 0 aliphatic heterocycles. The van der Waals surface area contributed by atoms with Crippen LogP contribution in [0.4, 0.5) is 0 Å². The van der Waals surface area contributed by atoms with Crippen LogP contribution in [0.3, 0.4) is 0 Å². The molecule has 0 saturated carbocycles. The molecule has 0 heterocycles. The molecule has 2 N–H and O–H groups in total. The molecule has 0 bridgehead atoms. The third kappa shape index (κ3) is 1.90. The number of hydrogen-bond donors (Lipinski definition) is 2. The Morgan fingerprint density at radius 2 is 2.15 bits per heavy atom. The van der Waals surface area contributed by atoms with Crippen molar-refractivity contribution < 1.29 is 19.7 Å². The Morgan fingerprint density at radius 3 is 2.69 bits per heavy atom. The lowest BCUT2D eigenvalue weighted by Crippen LogP contribution is -1.96. The van der Waals surface area contributed by atoms with E-state index in [0.29, 0.717) is 12.9 Å². The number of ether oxygens (including phenoxy) is 1. The van der Waals surface area contributed by atoms with E-state index >= 15 is 0 Å². The molecular weight excluding hydrogens is 172 g/mol. The van der Waals surface area contributed by atoms with E-state index in [1.54, 1.807) is 6.92 Å². The van der Waals surface area contributed by atoms with Gasteiger partial charge in [0.05, 0.1) is 12.2 Å². The summed E-state index contributed by atoms with van der Waals surface area (Å²) in [6, 6.07) is 2.36. The van der Waals surface area contributed by atoms with Crippen molar-refractivity contribution in [1.29, 1.82) is 0 Å². The number of phenolic OH excluding ortho intramolecular Hbond substituents is 2. The largest absolute Gasteiger partial charge is 0.508 e. The van der Waals surface area contributed by atoms with Crippen LogP contribution in [0.2, 0.25) is 0 Å². The molecule has 1 aromatic rings. The Morgan fingerprint density at radius 1 is 1.46 bits per heavy atom. The molecule has 0 radical (unpaired) electrons. The number of carbonyl (C=O) groups excluding carboxylic acids is 1. The van der Waals surface area contributed by atoms with Gasteiger partial charge in [-0.2, -0.15) is 0 Å². The number of benzene rings is 1. The second-order valence-electron chi connectivity index (χ2n) is 2.43. The van der Waals surface area contributed by atoms with Crippen molar-refractivity contribution in [3.05, 3.63) is 17.7 Å². The molecule has 0 unspecified atom stereocenters. The van der Waals surface area contributed by atoms with Crippen LogP contribution in [0.25, 0.3) is 0 Å². The van der Waals surface area contributed by atoms with Crippen molar-refractivity contribution in [3.63, 3.8) is 0 Å². The third-order valence-electron chi connectivity index (χ3n) is 1.50. The molecule has 0 amide bonds. The van der Waals surface area contributed by atoms with Gasteiger partial charge in [0.2, 0.25) is 0 Å². The van der Waals surface area contributed by atoms with Crippen molar-refractivity contribution in [3.8, 4) is 17.2 Å². The Hall–Kier alpha value is -1.71. The smallest absolute Gasteiger partial charge is 0.171 e. The minimum atomic E-state index is -0.232. The van der Waals surface area contributed by atoms with Crippen molar-refractivity contribution in [1.82, 2.24) is 0 Å². The molecule has 0 saturated heterocycles. The van der Waals surface area contributed by atoms with E-state index in [1.165, 1.54) is 6.07 Å². The van der Waals surface area contributed by atoms with Crippen LogP contribution < -0.4 is 4.74 Å². The van der Waals surface area contributed by atoms with Crippen LogP contribution in [-0.2, 0) is 0 Å². The molecule has 0 aliphatic rings. The average molecular weight is 182 g/mol. The lowest BCUT2D eigenvalue weighted by molar-refractivity contribution is 0.111. The fourth-order valence-electron chi connectivity index (χ4n) is 1.01. The van der Waals surface area contributed by atoms with Gasteiger partial charge in [-0.05, 0) is 13.0 Å². The molecule has 4 nitrogen and oxygen atoms in total. The zero-order chi connectivity index (χ0) is 9.84. The Kier molecular flexibility index (Phi) is 2.74. The van der Waals surface area contributed by atoms with Crippen LogP contribution in [0.1, 0.15) is 17.3 Å². The molecule has 0 atom stereocenters. The molecule has 0 spiro atoms. The zero-order valence-electron chi connectivity index (χ0n) is 7.15. The maximum absolute atomic E-state index is 10.5. The summed E-state index contributed by atoms with van der Waals surface area (Å²) in [5, 5.41) is 18.3. The SMILES string of the molecule is CCOc1c(O)cc(O)cc1C=O. The van der Waals surface area contributed by atoms with E-state index in [0.717, 1.165) is 6.07 Å². The van der Waals surface area contributed by atoms with Crippen molar-refractivity contribution in [2.75, 3.05) is 6.61 Å². The highest BCUT2D eigenvalue weighted by Crippen LogP contribution is 2.33. The molecule has 13 heavy (non-hydrogen) atoms. The van der Waals surface area contributed by atoms with Gasteiger partial charge in [0.1, 0.15) is 5.75 Å². The second kappa shape index (κ2) is 3.80. The summed E-state index contributed by atoms with van der Waals surface area (Å²) in [7, 11) is 0. The van der Waals surface area contributed by atoms with Gasteiger partial charge in [-0.1, -0.05) is 0 Å². The van der Waals surface area contributed by atoms with Crippen LogP contribution in [-0.4, -0.2) is 23.1 Å². The summed E-state index contributed by atoms with van der Waals surface area (Å²) in [6.07, 6.45) is 0.518. The standard InChI is InChI=1S/C9H10O4/c1-2-13-9-6(5-10)3-7(11)4-8(9)12/h3-5,11-12H,2H2,1H3. The number of rotatable bonds is 3. The highest BCUT2D eigenvalue weighted by Gasteiger charge is 2.10. The van der Waals surface area contributed by atoms with E-state index in [2.05, 4.69) is 0 Å². The first-order valence-electron chi connectivity index (χ1n) is 3.83. The van der Waals surface area contributed by atoms with Gasteiger partial charge >= 0.3 is 0 Å². The average Bonchev–Trinajstić information content (AvgIpc) is 2.09. The first-order valence-corrected chi connectivity index (χ1v) is 3.83. The fourth-order valence-corrected chi connectivity index (χ4v) is 1.01. The van der Waals surface area contributed by atoms with Gasteiger partial charge in [-0.3, -0.25) is 4.79 Å². The first kappa shape index (κ1) is 9.38. The molecule has 0 aliphatic carbocycles. The quantitative estimate of drug-likeness (QED) is 0.691. The van der Waals surface area contributed by atoms with Crippen molar-refractivity contribution in [2.45, 2.75) is 6.92 Å². The highest BCUT2D eigenvalue weighted by atomic mass is 16.5. The Bertz CT molecular complexity index is 320. The Balaban J connectivity index is 3.21. The van der Waals surface area contributed by atoms with Crippen LogP contribution in [0, 0.1) is 0 Å². The number of carbonyl (C=O) groups is 1. The minimum Gasteiger partial charge on any atom is -0.508 e. The Labute approximate surface area is 75.4 Å². The maximum Gasteiger partial charge on any atom is 0.171 e. The molecule has 4 heteroatoms. The summed E-state index contributed by atoms with van der Waals surface area (Å²) in [6.45, 7) is 2.08. The molecule has 0 fully saturated rings. The van der Waals surface area contributed by atoms with E-state index in [-0.39, 0.29) is 22.8 Å². The molecule has 1 aromatic carbocycles. The van der Waals surface area contributed by atoms with Crippen LogP contribution in [0.5, 0.6) is 17.2 Å². The normalized spacial score (nSPS) is 9.62. The van der Waals surface area contributed by atoms with E-state index in [1.807, 2.05) is 0 Å². The number of hydrogen-bond acceptors (Lipinski definition) is 4. The lowest BCUT2D eigenvalue weighted by Gasteiger charge is -2.08. The summed E-state index contributed by atoms with van der Waals surface area (Å²) in [5.41, 5.74) is 0.138. The van der Waals surface area contributed by atoms with E-state index in [9.17, 15) is 9.90 Å². The molecular formula is C9H10O4. The van der Waals surface area contributed by atoms with E-state index in [4.69, 9.17) is 9.84 Å². The highest BCUT2D eigenvalue weighted by molar-refractivity contribution is 5.82. The summed E-state index contributed by atoms with van der Waals surface area (Å²) in [5.74, 6) is -0.290. The molecule has 70 valence electrons. The topological polar surface area (TPSA) is 66.8 Å². The van der Waals surface area contributed by atoms with Gasteiger partial charge in [-0.15, -0.1) is 0 Å². The zero-order valence-corrected chi connectivity index (χ0v) is 7.15. The van der Waals surface area contributed by atoms with Crippen molar-refractivity contribution >= 4 is 6.29 Å². The van der Waals surface area contributed by atoms with Gasteiger partial charge in [0.15, 0.2) is 17.8 Å². The summed E-state index contributed by atoms with van der Waals surface area (Å²) >= 11 is 0. The third-order valence-corrected chi connectivity index (χ3v) is 1.50. The fraction of sp³-hybridized carbons (Fsp3) is 0.222. The summed E-state index contributed by atoms with van der Waals surface area (Å²) in [4.78, 5) is 10.5. The predicted octanol–water partition coefficient (Wildman–Crippen LogP) is 1.31. The van der Waals surface area contributed by atoms with Gasteiger partial charge < -0.3 is 14.9 Å². The maximum atomic E-state index is 10.5. The van der Waals surface area contributed by atoms with E-state index < -0.39 is 0 Å². The molecule has 0 aromatic heterocycles. The molecule has 1 rings (SSSR count). The monoisotopic (exact) mass is 182 g/mol. The van der Waals surface area contributed by atoms with Gasteiger partial charge in [0.25, 0.3) is 0 Å². The van der Waals surface area contributed by atoms with Crippen LogP contribution >= 0.6 is 0 Å². The number of aromatic hydroxyl groups is 2. The van der Waals surface area contributed by atoms with Crippen LogP contribution in [0.15, 0.2) is 12.1 Å². The van der Waals surface area contributed by atoms with Gasteiger partial charge in [0, 0.05) is 6.07 Å². The predicted molar refractivity (Wildman–Crippen MR) is 46.3 cm³/mol. The lowest BCUT2D eigenvalue weighted by atomic mass is 10.2. The first-order chi connectivity index (χ1) is 6.19. The number of aldehydes is 1. The number of phenols is 2. The summed E-state index contributed by atoms with van der Waals surface area (Å²) < 4.78 is 5.02.